The fraction of sp³-hybridized carbons (Fsp3) is 0.286. The van der Waals surface area contributed by atoms with E-state index < -0.39 is 0 Å². The fourth-order valence-electron chi connectivity index (χ4n) is 3.52. The lowest BCUT2D eigenvalue weighted by molar-refractivity contribution is 0.295. The van der Waals surface area contributed by atoms with Gasteiger partial charge in [-0.05, 0) is 66.9 Å². The van der Waals surface area contributed by atoms with E-state index in [4.69, 9.17) is 22.1 Å². The van der Waals surface area contributed by atoms with E-state index in [2.05, 4.69) is 46.0 Å². The van der Waals surface area contributed by atoms with Crippen LogP contribution in [-0.4, -0.2) is 33.4 Å². The average molecular weight is 396 g/mol. The number of hydrogen-bond acceptors (Lipinski definition) is 6. The van der Waals surface area contributed by atoms with Crippen molar-refractivity contribution in [2.45, 2.75) is 26.5 Å². The molecule has 144 valence electrons. The molecular weight excluding hydrogens is 374 g/mol. The van der Waals surface area contributed by atoms with E-state index in [9.17, 15) is 0 Å². The van der Waals surface area contributed by atoms with Crippen molar-refractivity contribution in [2.75, 3.05) is 19.3 Å². The first-order chi connectivity index (χ1) is 13.5. The molecule has 7 heteroatoms. The van der Waals surface area contributed by atoms with Gasteiger partial charge in [-0.1, -0.05) is 11.6 Å². The third kappa shape index (κ3) is 3.93. The lowest BCUT2D eigenvalue weighted by Crippen LogP contribution is -2.27. The molecule has 1 aliphatic heterocycles. The zero-order valence-corrected chi connectivity index (χ0v) is 16.7. The van der Waals surface area contributed by atoms with Crippen molar-refractivity contribution in [3.05, 3.63) is 64.1 Å². The number of aryl methyl sites for hydroxylation is 1. The number of rotatable bonds is 4. The Balaban J connectivity index is 1.62. The number of anilines is 1. The van der Waals surface area contributed by atoms with Crippen LogP contribution in [0, 0.1) is 6.92 Å². The Hall–Kier alpha value is -2.70. The molecule has 2 N–H and O–H groups in total. The Morgan fingerprint density at radius 2 is 2.11 bits per heavy atom. The molecular formula is C21H22ClN5O. The molecule has 3 aromatic rings. The molecule has 0 atom stereocenters. The fourth-order valence-corrected chi connectivity index (χ4v) is 3.72. The summed E-state index contributed by atoms with van der Waals surface area (Å²) in [4.78, 5) is 15.2. The van der Waals surface area contributed by atoms with Gasteiger partial charge in [0, 0.05) is 24.8 Å². The second-order valence-corrected chi connectivity index (χ2v) is 7.53. The van der Waals surface area contributed by atoms with Crippen molar-refractivity contribution >= 4 is 17.4 Å². The van der Waals surface area contributed by atoms with Crippen molar-refractivity contribution in [2.24, 2.45) is 0 Å². The molecule has 2 aromatic heterocycles. The molecule has 0 aliphatic carbocycles. The molecule has 0 unspecified atom stereocenters. The first kappa shape index (κ1) is 18.7. The first-order valence-corrected chi connectivity index (χ1v) is 9.54. The SMILES string of the molecule is Cc1cc(-c2cnc(N)c(OCc3ccnc(Cl)c3)n2)cc2c1CCN(C)C2. The lowest BCUT2D eigenvalue weighted by Gasteiger charge is -2.27. The number of pyridine rings is 1. The van der Waals surface area contributed by atoms with Gasteiger partial charge in [0.1, 0.15) is 11.8 Å². The maximum absolute atomic E-state index is 5.98. The highest BCUT2D eigenvalue weighted by molar-refractivity contribution is 6.29. The van der Waals surface area contributed by atoms with Gasteiger partial charge in [0.15, 0.2) is 5.82 Å². The summed E-state index contributed by atoms with van der Waals surface area (Å²) in [5.41, 5.74) is 12.7. The quantitative estimate of drug-likeness (QED) is 0.679. The zero-order valence-electron chi connectivity index (χ0n) is 15.9. The predicted octanol–water partition coefficient (Wildman–Crippen LogP) is 3.65. The highest BCUT2D eigenvalue weighted by Crippen LogP contribution is 2.30. The number of benzene rings is 1. The highest BCUT2D eigenvalue weighted by atomic mass is 35.5. The molecule has 6 nitrogen and oxygen atoms in total. The third-order valence-electron chi connectivity index (χ3n) is 4.98. The van der Waals surface area contributed by atoms with Gasteiger partial charge < -0.3 is 15.4 Å². The molecule has 3 heterocycles. The van der Waals surface area contributed by atoms with Crippen LogP contribution in [0.1, 0.15) is 22.3 Å². The van der Waals surface area contributed by atoms with Gasteiger partial charge in [0.25, 0.3) is 5.88 Å². The summed E-state index contributed by atoms with van der Waals surface area (Å²) in [6.45, 7) is 4.48. The van der Waals surface area contributed by atoms with Gasteiger partial charge in [-0.15, -0.1) is 0 Å². The summed E-state index contributed by atoms with van der Waals surface area (Å²) in [6.07, 6.45) is 4.41. The smallest absolute Gasteiger partial charge is 0.258 e. The van der Waals surface area contributed by atoms with E-state index in [-0.39, 0.29) is 5.82 Å². The largest absolute Gasteiger partial charge is 0.470 e. The van der Waals surface area contributed by atoms with Crippen LogP contribution in [-0.2, 0) is 19.6 Å². The number of ether oxygens (including phenoxy) is 1. The third-order valence-corrected chi connectivity index (χ3v) is 5.19. The van der Waals surface area contributed by atoms with Crippen LogP contribution < -0.4 is 10.5 Å². The van der Waals surface area contributed by atoms with Gasteiger partial charge >= 0.3 is 0 Å². The number of hydrogen-bond donors (Lipinski definition) is 1. The molecule has 4 rings (SSSR count). The number of halogens is 1. The van der Waals surface area contributed by atoms with Crippen molar-refractivity contribution in [1.82, 2.24) is 19.9 Å². The summed E-state index contributed by atoms with van der Waals surface area (Å²) in [5.74, 6) is 0.580. The van der Waals surface area contributed by atoms with Crippen LogP contribution in [0.4, 0.5) is 5.82 Å². The van der Waals surface area contributed by atoms with E-state index in [0.717, 1.165) is 36.3 Å². The highest BCUT2D eigenvalue weighted by Gasteiger charge is 2.17. The molecule has 28 heavy (non-hydrogen) atoms. The standard InChI is InChI=1S/C21H22ClN5O/c1-13-7-15(9-16-11-27(2)6-4-17(13)16)18-10-25-20(23)21(26-18)28-12-14-3-5-24-19(22)8-14/h3,5,7-10H,4,6,11-12H2,1-2H3,(H2,23,25). The second-order valence-electron chi connectivity index (χ2n) is 7.14. The van der Waals surface area contributed by atoms with E-state index in [1.165, 1.54) is 16.7 Å². The predicted molar refractivity (Wildman–Crippen MR) is 110 cm³/mol. The van der Waals surface area contributed by atoms with Gasteiger partial charge in [-0.2, -0.15) is 0 Å². The van der Waals surface area contributed by atoms with Crippen LogP contribution in [0.2, 0.25) is 5.15 Å². The molecule has 0 spiro atoms. The van der Waals surface area contributed by atoms with Crippen molar-refractivity contribution in [3.63, 3.8) is 0 Å². The molecule has 0 saturated heterocycles. The van der Waals surface area contributed by atoms with Crippen molar-refractivity contribution < 1.29 is 4.74 Å². The van der Waals surface area contributed by atoms with E-state index in [0.29, 0.717) is 17.6 Å². The minimum Gasteiger partial charge on any atom is -0.470 e. The van der Waals surface area contributed by atoms with Crippen LogP contribution in [0.3, 0.4) is 0 Å². The van der Waals surface area contributed by atoms with Crippen molar-refractivity contribution in [1.29, 1.82) is 0 Å². The Morgan fingerprint density at radius 1 is 1.25 bits per heavy atom. The van der Waals surface area contributed by atoms with Crippen LogP contribution in [0.25, 0.3) is 11.3 Å². The second kappa shape index (κ2) is 7.73. The summed E-state index contributed by atoms with van der Waals surface area (Å²) in [6, 6.07) is 7.95. The number of nitrogens with zero attached hydrogens (tertiary/aromatic N) is 4. The van der Waals surface area contributed by atoms with Gasteiger partial charge in [-0.25, -0.2) is 15.0 Å². The number of fused-ring (bicyclic) bond motifs is 1. The van der Waals surface area contributed by atoms with Gasteiger partial charge in [0.2, 0.25) is 0 Å². The maximum atomic E-state index is 5.98. The molecule has 1 aromatic carbocycles. The number of nitrogen functional groups attached to an aromatic ring is 1. The zero-order chi connectivity index (χ0) is 19.7. The Labute approximate surface area is 169 Å². The number of aromatic nitrogens is 3. The lowest BCUT2D eigenvalue weighted by atomic mass is 9.92. The van der Waals surface area contributed by atoms with Gasteiger partial charge in [0.05, 0.1) is 11.9 Å². The monoisotopic (exact) mass is 395 g/mol. The molecule has 1 aliphatic rings. The molecule has 0 bridgehead atoms. The first-order valence-electron chi connectivity index (χ1n) is 9.16. The minimum absolute atomic E-state index is 0.262. The van der Waals surface area contributed by atoms with Crippen LogP contribution in [0.5, 0.6) is 5.88 Å². The summed E-state index contributed by atoms with van der Waals surface area (Å²) < 4.78 is 5.81. The Morgan fingerprint density at radius 3 is 2.93 bits per heavy atom. The van der Waals surface area contributed by atoms with Crippen molar-refractivity contribution in [3.8, 4) is 17.1 Å². The average Bonchev–Trinajstić information content (AvgIpc) is 2.67. The maximum Gasteiger partial charge on any atom is 0.258 e. The molecule has 0 radical (unpaired) electrons. The van der Waals surface area contributed by atoms with E-state index in [1.54, 1.807) is 18.5 Å². The van der Waals surface area contributed by atoms with Crippen LogP contribution in [0.15, 0.2) is 36.7 Å². The van der Waals surface area contributed by atoms with E-state index >= 15 is 0 Å². The van der Waals surface area contributed by atoms with Crippen LogP contribution >= 0.6 is 11.6 Å². The topological polar surface area (TPSA) is 77.2 Å². The molecule has 0 fully saturated rings. The number of nitrogens with two attached hydrogens (primary N) is 1. The summed E-state index contributed by atoms with van der Waals surface area (Å²) >= 11 is 5.92. The molecule has 0 saturated carbocycles. The normalized spacial score (nSPS) is 14.0. The summed E-state index contributed by atoms with van der Waals surface area (Å²) in [5, 5.41) is 0.420. The van der Waals surface area contributed by atoms with Gasteiger partial charge in [-0.3, -0.25) is 0 Å². The Bertz CT molecular complexity index is 1020. The van der Waals surface area contributed by atoms with E-state index in [1.807, 2.05) is 6.07 Å². The minimum atomic E-state index is 0.262. The molecule has 0 amide bonds. The summed E-state index contributed by atoms with van der Waals surface area (Å²) in [7, 11) is 2.14. The number of likely N-dealkylation sites (N-methyl/N-ethyl adjacent to an activating group) is 1. The Kier molecular flexibility index (Phi) is 5.15.